The van der Waals surface area contributed by atoms with Gasteiger partial charge in [0.05, 0.1) is 11.6 Å². The monoisotopic (exact) mass is 355 g/mol. The Morgan fingerprint density at radius 1 is 1.29 bits per heavy atom. The van der Waals surface area contributed by atoms with Gasteiger partial charge < -0.3 is 14.9 Å². The quantitative estimate of drug-likeness (QED) is 0.787. The van der Waals surface area contributed by atoms with Crippen molar-refractivity contribution in [1.82, 2.24) is 0 Å². The Hall–Kier alpha value is -2.28. The third-order valence-electron chi connectivity index (χ3n) is 4.01. The van der Waals surface area contributed by atoms with Crippen molar-refractivity contribution < 1.29 is 29.3 Å². The molecule has 1 aromatic rings. The predicted molar refractivity (Wildman–Crippen MR) is 86.1 cm³/mol. The summed E-state index contributed by atoms with van der Waals surface area (Å²) in [6, 6.07) is 4.90. The smallest absolute Gasteiger partial charge is 0.481 e. The molecule has 0 saturated heterocycles. The van der Waals surface area contributed by atoms with Gasteiger partial charge in [0.25, 0.3) is 0 Å². The average molecular weight is 356 g/mol. The summed E-state index contributed by atoms with van der Waals surface area (Å²) in [5, 5.41) is 18.4. The van der Waals surface area contributed by atoms with Crippen molar-refractivity contribution in [3.63, 3.8) is 0 Å². The molecule has 2 N–H and O–H groups in total. The summed E-state index contributed by atoms with van der Waals surface area (Å²) in [5.41, 5.74) is 1.24. The molecule has 24 heavy (non-hydrogen) atoms. The minimum atomic E-state index is -1.48. The van der Waals surface area contributed by atoms with Crippen molar-refractivity contribution in [2.24, 2.45) is 11.8 Å². The van der Waals surface area contributed by atoms with Crippen LogP contribution in [0.15, 0.2) is 18.2 Å². The van der Waals surface area contributed by atoms with E-state index in [0.29, 0.717) is 16.3 Å². The molecule has 0 spiro atoms. The van der Waals surface area contributed by atoms with Crippen molar-refractivity contribution >= 4 is 35.3 Å². The van der Waals surface area contributed by atoms with Crippen LogP contribution in [-0.4, -0.2) is 34.5 Å². The highest BCUT2D eigenvalue weighted by Crippen LogP contribution is 2.36. The number of anilines is 1. The van der Waals surface area contributed by atoms with Crippen LogP contribution < -0.4 is 4.90 Å². The molecule has 0 aromatic heterocycles. The van der Waals surface area contributed by atoms with E-state index in [9.17, 15) is 14.4 Å². The second kappa shape index (κ2) is 7.09. The van der Waals surface area contributed by atoms with E-state index < -0.39 is 30.2 Å². The summed E-state index contributed by atoms with van der Waals surface area (Å²) in [7, 11) is 0. The molecule has 0 radical (unpaired) electrons. The van der Waals surface area contributed by atoms with Crippen LogP contribution in [0.25, 0.3) is 0 Å². The predicted octanol–water partition coefficient (Wildman–Crippen LogP) is 3.00. The molecule has 1 heterocycles. The maximum absolute atomic E-state index is 12.8. The number of benzene rings is 1. The van der Waals surface area contributed by atoms with Crippen LogP contribution >= 0.6 is 11.6 Å². The number of amides is 1. The number of fused-ring (bicyclic) bond motifs is 1. The molecular formula is C16H18ClNO6. The molecule has 2 rings (SSSR count). The summed E-state index contributed by atoms with van der Waals surface area (Å²) in [6.45, 7) is 3.14. The van der Waals surface area contributed by atoms with Crippen molar-refractivity contribution in [2.45, 2.75) is 32.9 Å². The standard InChI is InChI=1S/C16H18ClNO6/c1-8(5-9(2)15(20)21)14(19)18-12-4-3-11(17)6-10(12)7-13(18)24-16(22)23/h3-4,6,8-9,13H,5,7H2,1-2H3,(H,20,21)(H,22,23)/t8-,9-,13?/m1/s1. The molecule has 3 atom stereocenters. The van der Waals surface area contributed by atoms with Gasteiger partial charge in [-0.05, 0) is 30.2 Å². The van der Waals surface area contributed by atoms with E-state index in [-0.39, 0.29) is 18.7 Å². The SMILES string of the molecule is C[C@H](C[C@@H](C)C(=O)N1c2ccc(Cl)cc2CC1OC(=O)O)C(=O)O. The fourth-order valence-corrected chi connectivity index (χ4v) is 3.02. The maximum Gasteiger partial charge on any atom is 0.507 e. The first kappa shape index (κ1) is 18.1. The van der Waals surface area contributed by atoms with Crippen LogP contribution in [0.3, 0.4) is 0 Å². The number of hydrogen-bond donors (Lipinski definition) is 2. The average Bonchev–Trinajstić information content (AvgIpc) is 2.81. The van der Waals surface area contributed by atoms with Gasteiger partial charge in [-0.2, -0.15) is 0 Å². The van der Waals surface area contributed by atoms with Gasteiger partial charge in [0.15, 0.2) is 6.23 Å². The fourth-order valence-electron chi connectivity index (χ4n) is 2.83. The van der Waals surface area contributed by atoms with Gasteiger partial charge in [-0.15, -0.1) is 0 Å². The molecule has 130 valence electrons. The van der Waals surface area contributed by atoms with Gasteiger partial charge >= 0.3 is 12.1 Å². The van der Waals surface area contributed by atoms with Crippen LogP contribution in [-0.2, 0) is 20.7 Å². The third-order valence-corrected chi connectivity index (χ3v) is 4.24. The first-order chi connectivity index (χ1) is 11.2. The topological polar surface area (TPSA) is 104 Å². The number of aliphatic carboxylic acids is 1. The molecule has 1 aromatic carbocycles. The van der Waals surface area contributed by atoms with Crippen LogP contribution in [0.1, 0.15) is 25.8 Å². The fraction of sp³-hybridized carbons (Fsp3) is 0.438. The summed E-state index contributed by atoms with van der Waals surface area (Å²) >= 11 is 5.94. The van der Waals surface area contributed by atoms with Crippen LogP contribution in [0, 0.1) is 11.8 Å². The van der Waals surface area contributed by atoms with Crippen molar-refractivity contribution in [3.05, 3.63) is 28.8 Å². The Labute approximate surface area is 143 Å². The van der Waals surface area contributed by atoms with Crippen LogP contribution in [0.5, 0.6) is 0 Å². The third kappa shape index (κ3) is 3.79. The second-order valence-corrected chi connectivity index (χ2v) is 6.34. The molecule has 8 heteroatoms. The molecule has 1 amide bonds. The lowest BCUT2D eigenvalue weighted by molar-refractivity contribution is -0.141. The van der Waals surface area contributed by atoms with Crippen molar-refractivity contribution in [1.29, 1.82) is 0 Å². The highest BCUT2D eigenvalue weighted by atomic mass is 35.5. The second-order valence-electron chi connectivity index (χ2n) is 5.90. The van der Waals surface area contributed by atoms with Crippen LogP contribution in [0.2, 0.25) is 5.02 Å². The van der Waals surface area contributed by atoms with Gasteiger partial charge in [0.1, 0.15) is 0 Å². The Morgan fingerprint density at radius 3 is 2.54 bits per heavy atom. The molecule has 7 nitrogen and oxygen atoms in total. The number of carboxylic acids is 1. The van der Waals surface area contributed by atoms with Crippen molar-refractivity contribution in [2.75, 3.05) is 4.90 Å². The molecule has 0 fully saturated rings. The normalized spacial score (nSPS) is 18.6. The van der Waals surface area contributed by atoms with E-state index in [1.807, 2.05) is 0 Å². The van der Waals surface area contributed by atoms with E-state index in [4.69, 9.17) is 26.6 Å². The zero-order valence-electron chi connectivity index (χ0n) is 13.2. The summed E-state index contributed by atoms with van der Waals surface area (Å²) in [6.07, 6.45) is -2.11. The number of carbonyl (C=O) groups excluding carboxylic acids is 1. The van der Waals surface area contributed by atoms with E-state index in [2.05, 4.69) is 0 Å². The zero-order chi connectivity index (χ0) is 18.0. The summed E-state index contributed by atoms with van der Waals surface area (Å²) < 4.78 is 4.83. The summed E-state index contributed by atoms with van der Waals surface area (Å²) in [4.78, 5) is 35.9. The van der Waals surface area contributed by atoms with Gasteiger partial charge in [-0.3, -0.25) is 14.5 Å². The Kier molecular flexibility index (Phi) is 5.33. The highest BCUT2D eigenvalue weighted by Gasteiger charge is 2.38. The van der Waals surface area contributed by atoms with E-state index in [0.717, 1.165) is 0 Å². The molecule has 0 aliphatic carbocycles. The number of hydrogen-bond acceptors (Lipinski definition) is 4. The highest BCUT2D eigenvalue weighted by molar-refractivity contribution is 6.30. The zero-order valence-corrected chi connectivity index (χ0v) is 14.0. The molecule has 0 saturated carbocycles. The lowest BCUT2D eigenvalue weighted by Gasteiger charge is -2.27. The molecule has 1 unspecified atom stereocenters. The van der Waals surface area contributed by atoms with Gasteiger partial charge in [0.2, 0.25) is 5.91 Å². The van der Waals surface area contributed by atoms with Gasteiger partial charge in [-0.1, -0.05) is 25.4 Å². The Balaban J connectivity index is 2.27. The molecule has 1 aliphatic rings. The minimum Gasteiger partial charge on any atom is -0.481 e. The summed E-state index contributed by atoms with van der Waals surface area (Å²) in [5.74, 6) is -2.65. The molecular weight excluding hydrogens is 338 g/mol. The molecule has 0 bridgehead atoms. The van der Waals surface area contributed by atoms with Crippen LogP contribution in [0.4, 0.5) is 10.5 Å². The minimum absolute atomic E-state index is 0.146. The van der Waals surface area contributed by atoms with E-state index in [1.54, 1.807) is 25.1 Å². The Morgan fingerprint density at radius 2 is 1.96 bits per heavy atom. The lowest BCUT2D eigenvalue weighted by atomic mass is 9.96. The Bertz CT molecular complexity index is 677. The van der Waals surface area contributed by atoms with Gasteiger partial charge in [-0.25, -0.2) is 4.79 Å². The first-order valence-electron chi connectivity index (χ1n) is 7.44. The van der Waals surface area contributed by atoms with E-state index in [1.165, 1.54) is 11.8 Å². The number of rotatable bonds is 5. The number of ether oxygens (including phenoxy) is 1. The number of halogens is 1. The number of carbonyl (C=O) groups is 3. The number of carboxylic acid groups (broad SMARTS) is 2. The lowest BCUT2D eigenvalue weighted by Crippen LogP contribution is -2.43. The molecule has 1 aliphatic heterocycles. The first-order valence-corrected chi connectivity index (χ1v) is 7.82. The maximum atomic E-state index is 12.8. The van der Waals surface area contributed by atoms with Gasteiger partial charge in [0, 0.05) is 17.4 Å². The van der Waals surface area contributed by atoms with Crippen molar-refractivity contribution in [3.8, 4) is 0 Å². The van der Waals surface area contributed by atoms with E-state index >= 15 is 0 Å². The largest absolute Gasteiger partial charge is 0.507 e. The number of nitrogens with zero attached hydrogens (tertiary/aromatic N) is 1.